The number of carbonyl (C=O) groups excluding carboxylic acids is 1. The van der Waals surface area contributed by atoms with E-state index in [1.54, 1.807) is 31.4 Å². The molecule has 18 heavy (non-hydrogen) atoms. The van der Waals surface area contributed by atoms with Crippen LogP contribution in [0.4, 0.5) is 0 Å². The normalized spacial score (nSPS) is 11.6. The summed E-state index contributed by atoms with van der Waals surface area (Å²) in [6.07, 6.45) is 0.496. The lowest BCUT2D eigenvalue weighted by Crippen LogP contribution is -2.40. The minimum absolute atomic E-state index is 0.198. The van der Waals surface area contributed by atoms with E-state index in [9.17, 15) is 4.79 Å². The van der Waals surface area contributed by atoms with Gasteiger partial charge in [-0.05, 0) is 24.1 Å². The highest BCUT2D eigenvalue weighted by molar-refractivity contribution is 5.81. The van der Waals surface area contributed by atoms with Crippen molar-refractivity contribution in [3.8, 4) is 6.07 Å². The Morgan fingerprint density at radius 1 is 1.50 bits per heavy atom. The number of carbonyl (C=O) groups is 1. The van der Waals surface area contributed by atoms with Crippen LogP contribution >= 0.6 is 0 Å². The van der Waals surface area contributed by atoms with Crippen molar-refractivity contribution >= 4 is 5.91 Å². The van der Waals surface area contributed by atoms with Gasteiger partial charge < -0.3 is 15.8 Å². The number of benzene rings is 1. The molecule has 0 aliphatic rings. The third kappa shape index (κ3) is 4.53. The number of hydrogen-bond donors (Lipinski definition) is 2. The molecule has 1 unspecified atom stereocenters. The third-order valence-electron chi connectivity index (χ3n) is 2.52. The highest BCUT2D eigenvalue weighted by Gasteiger charge is 2.12. The molecular weight excluding hydrogens is 230 g/mol. The highest BCUT2D eigenvalue weighted by Crippen LogP contribution is 2.03. The summed E-state index contributed by atoms with van der Waals surface area (Å²) in [6, 6.07) is 8.53. The van der Waals surface area contributed by atoms with Crippen molar-refractivity contribution in [2.24, 2.45) is 5.73 Å². The van der Waals surface area contributed by atoms with Crippen molar-refractivity contribution in [3.05, 3.63) is 35.4 Å². The first-order valence-corrected chi connectivity index (χ1v) is 5.68. The maximum Gasteiger partial charge on any atom is 0.237 e. The Labute approximate surface area is 107 Å². The maximum atomic E-state index is 11.6. The summed E-state index contributed by atoms with van der Waals surface area (Å²) in [5.74, 6) is -0.198. The lowest BCUT2D eigenvalue weighted by atomic mass is 10.1. The van der Waals surface area contributed by atoms with Crippen LogP contribution in [0.3, 0.4) is 0 Å². The van der Waals surface area contributed by atoms with Gasteiger partial charge in [-0.1, -0.05) is 12.1 Å². The first-order chi connectivity index (χ1) is 8.67. The molecule has 0 radical (unpaired) electrons. The Morgan fingerprint density at radius 2 is 2.17 bits per heavy atom. The summed E-state index contributed by atoms with van der Waals surface area (Å²) in [6.45, 7) is 0.872. The molecule has 0 spiro atoms. The lowest BCUT2D eigenvalue weighted by molar-refractivity contribution is -0.122. The van der Waals surface area contributed by atoms with Crippen LogP contribution in [-0.4, -0.2) is 25.7 Å². The first-order valence-electron chi connectivity index (χ1n) is 5.68. The van der Waals surface area contributed by atoms with E-state index < -0.39 is 6.04 Å². The van der Waals surface area contributed by atoms with Crippen LogP contribution in [0.2, 0.25) is 0 Å². The quantitative estimate of drug-likeness (QED) is 0.768. The van der Waals surface area contributed by atoms with Crippen LogP contribution in [0.1, 0.15) is 17.5 Å². The van der Waals surface area contributed by atoms with E-state index in [1.165, 1.54) is 0 Å². The van der Waals surface area contributed by atoms with E-state index in [4.69, 9.17) is 15.7 Å². The molecule has 5 heteroatoms. The molecule has 3 N–H and O–H groups in total. The summed E-state index contributed by atoms with van der Waals surface area (Å²) in [4.78, 5) is 11.6. The van der Waals surface area contributed by atoms with Crippen molar-refractivity contribution < 1.29 is 9.53 Å². The summed E-state index contributed by atoms with van der Waals surface area (Å²) < 4.78 is 4.86. The second kappa shape index (κ2) is 7.43. The van der Waals surface area contributed by atoms with Gasteiger partial charge in [0.05, 0.1) is 17.7 Å². The number of methoxy groups -OCH3 is 1. The Morgan fingerprint density at radius 3 is 2.72 bits per heavy atom. The molecule has 0 saturated carbocycles. The van der Waals surface area contributed by atoms with E-state index in [0.717, 1.165) is 5.56 Å². The van der Waals surface area contributed by atoms with E-state index in [-0.39, 0.29) is 5.91 Å². The number of nitrogens with two attached hydrogens (primary N) is 1. The van der Waals surface area contributed by atoms with E-state index in [2.05, 4.69) is 5.32 Å². The maximum absolute atomic E-state index is 11.6. The zero-order chi connectivity index (χ0) is 13.4. The van der Waals surface area contributed by atoms with Gasteiger partial charge in [-0.2, -0.15) is 5.26 Å². The molecular formula is C13H17N3O2. The molecule has 0 fully saturated rings. The van der Waals surface area contributed by atoms with Gasteiger partial charge in [0.1, 0.15) is 0 Å². The molecule has 0 heterocycles. The Kier molecular flexibility index (Phi) is 5.85. The minimum atomic E-state index is -0.552. The van der Waals surface area contributed by atoms with Gasteiger partial charge >= 0.3 is 0 Å². The van der Waals surface area contributed by atoms with Crippen LogP contribution in [-0.2, 0) is 16.1 Å². The van der Waals surface area contributed by atoms with Crippen molar-refractivity contribution in [3.63, 3.8) is 0 Å². The Hall–Kier alpha value is -1.90. The molecule has 5 nitrogen and oxygen atoms in total. The van der Waals surface area contributed by atoms with Gasteiger partial charge in [0, 0.05) is 20.3 Å². The van der Waals surface area contributed by atoms with Gasteiger partial charge in [-0.25, -0.2) is 0 Å². The van der Waals surface area contributed by atoms with Crippen molar-refractivity contribution in [1.82, 2.24) is 5.32 Å². The number of hydrogen-bond acceptors (Lipinski definition) is 4. The van der Waals surface area contributed by atoms with Crippen molar-refractivity contribution in [2.45, 2.75) is 19.0 Å². The minimum Gasteiger partial charge on any atom is -0.385 e. The van der Waals surface area contributed by atoms with Crippen LogP contribution in [0.5, 0.6) is 0 Å². The second-order valence-electron chi connectivity index (χ2n) is 3.91. The number of nitriles is 1. The molecule has 0 saturated heterocycles. The molecule has 0 aliphatic carbocycles. The number of rotatable bonds is 6. The molecule has 0 aromatic heterocycles. The topological polar surface area (TPSA) is 88.1 Å². The summed E-state index contributed by atoms with van der Waals surface area (Å²) in [7, 11) is 1.57. The zero-order valence-corrected chi connectivity index (χ0v) is 10.3. The second-order valence-corrected chi connectivity index (χ2v) is 3.91. The SMILES string of the molecule is COCCC(N)C(=O)NCc1ccc(C#N)cc1. The van der Waals surface area contributed by atoms with Crippen molar-refractivity contribution in [1.29, 1.82) is 5.26 Å². The number of nitrogens with one attached hydrogen (secondary N) is 1. The first kappa shape index (κ1) is 14.2. The molecule has 1 aromatic rings. The van der Waals surface area contributed by atoms with Gasteiger partial charge in [-0.3, -0.25) is 4.79 Å². The Bertz CT molecular complexity index is 423. The fourth-order valence-corrected chi connectivity index (χ4v) is 1.39. The lowest BCUT2D eigenvalue weighted by Gasteiger charge is -2.11. The van der Waals surface area contributed by atoms with Crippen molar-refractivity contribution in [2.75, 3.05) is 13.7 Å². The van der Waals surface area contributed by atoms with Crippen LogP contribution in [0, 0.1) is 11.3 Å². The standard InChI is InChI=1S/C13H17N3O2/c1-18-7-6-12(15)13(17)16-9-11-4-2-10(8-14)3-5-11/h2-5,12H,6-7,9,15H2,1H3,(H,16,17). The number of amides is 1. The fourth-order valence-electron chi connectivity index (χ4n) is 1.39. The van der Waals surface area contributed by atoms with Crippen LogP contribution < -0.4 is 11.1 Å². The molecule has 1 aromatic carbocycles. The number of nitrogens with zero attached hydrogens (tertiary/aromatic N) is 1. The average Bonchev–Trinajstić information content (AvgIpc) is 2.42. The van der Waals surface area contributed by atoms with E-state index >= 15 is 0 Å². The van der Waals surface area contributed by atoms with Gasteiger partial charge in [0.2, 0.25) is 5.91 Å². The summed E-state index contributed by atoms with van der Waals surface area (Å²) in [5, 5.41) is 11.4. The zero-order valence-electron chi connectivity index (χ0n) is 10.3. The molecule has 96 valence electrons. The highest BCUT2D eigenvalue weighted by atomic mass is 16.5. The third-order valence-corrected chi connectivity index (χ3v) is 2.52. The monoisotopic (exact) mass is 247 g/mol. The smallest absolute Gasteiger partial charge is 0.237 e. The fraction of sp³-hybridized carbons (Fsp3) is 0.385. The summed E-state index contributed by atoms with van der Waals surface area (Å²) >= 11 is 0. The number of ether oxygens (including phenoxy) is 1. The predicted molar refractivity (Wildman–Crippen MR) is 67.5 cm³/mol. The van der Waals surface area contributed by atoms with Crippen LogP contribution in [0.15, 0.2) is 24.3 Å². The van der Waals surface area contributed by atoms with Gasteiger partial charge in [0.25, 0.3) is 0 Å². The predicted octanol–water partition coefficient (Wildman–Crippen LogP) is 0.538. The largest absolute Gasteiger partial charge is 0.385 e. The molecule has 1 amide bonds. The van der Waals surface area contributed by atoms with E-state index in [1.807, 2.05) is 6.07 Å². The molecule has 1 atom stereocenters. The average molecular weight is 247 g/mol. The van der Waals surface area contributed by atoms with Gasteiger partial charge in [0.15, 0.2) is 0 Å². The van der Waals surface area contributed by atoms with Gasteiger partial charge in [-0.15, -0.1) is 0 Å². The molecule has 1 rings (SSSR count). The molecule has 0 bridgehead atoms. The molecule has 0 aliphatic heterocycles. The summed E-state index contributed by atoms with van der Waals surface area (Å²) in [5.41, 5.74) is 7.21. The Balaban J connectivity index is 2.39. The van der Waals surface area contributed by atoms with E-state index in [0.29, 0.717) is 25.1 Å². The van der Waals surface area contributed by atoms with Crippen LogP contribution in [0.25, 0.3) is 0 Å².